The van der Waals surface area contributed by atoms with Crippen LogP contribution >= 0.6 is 11.6 Å². The molecule has 3 heterocycles. The topological polar surface area (TPSA) is 110 Å². The van der Waals surface area contributed by atoms with Crippen molar-refractivity contribution in [3.05, 3.63) is 42.1 Å². The van der Waals surface area contributed by atoms with Gasteiger partial charge in [0, 0.05) is 25.8 Å². The summed E-state index contributed by atoms with van der Waals surface area (Å²) in [6, 6.07) is 3.01. The van der Waals surface area contributed by atoms with Crippen molar-refractivity contribution in [2.45, 2.75) is 64.6 Å². The Hall–Kier alpha value is -3.21. The summed E-state index contributed by atoms with van der Waals surface area (Å²) in [5.74, 6) is -0.978. The molecule has 1 saturated heterocycles. The summed E-state index contributed by atoms with van der Waals surface area (Å²) in [5.41, 5.74) is -1.09. The number of ether oxygens (including phenoxy) is 1. The average Bonchev–Trinajstić information content (AvgIpc) is 3.29. The van der Waals surface area contributed by atoms with Gasteiger partial charge >= 0.3 is 6.09 Å². The van der Waals surface area contributed by atoms with Gasteiger partial charge in [0.2, 0.25) is 11.8 Å². The molecule has 1 atom stereocenters. The molecule has 0 aliphatic carbocycles. The molecular formula is C25H34ClFN6O4. The zero-order valence-electron chi connectivity index (χ0n) is 21.8. The summed E-state index contributed by atoms with van der Waals surface area (Å²) in [4.78, 5) is 46.5. The van der Waals surface area contributed by atoms with Crippen LogP contribution in [0.2, 0.25) is 0 Å². The van der Waals surface area contributed by atoms with E-state index in [0.717, 1.165) is 11.8 Å². The minimum Gasteiger partial charge on any atom is -0.444 e. The van der Waals surface area contributed by atoms with Gasteiger partial charge in [-0.2, -0.15) is 5.10 Å². The Morgan fingerprint density at radius 1 is 1.24 bits per heavy atom. The second kappa shape index (κ2) is 11.5. The van der Waals surface area contributed by atoms with E-state index in [1.165, 1.54) is 15.8 Å². The number of pyridine rings is 1. The SMILES string of the molecule is CCN(C(=O)CCl)C1(C(=O)N[C@@H](C)c2ccc(-n3cc(F)cn3)nc2)CCN(C(=O)OC(C)(C)C)CC1. The van der Waals surface area contributed by atoms with Crippen molar-refractivity contribution in [1.82, 2.24) is 29.9 Å². The first-order valence-corrected chi connectivity index (χ1v) is 12.8. The van der Waals surface area contributed by atoms with Crippen LogP contribution in [0.25, 0.3) is 5.82 Å². The number of rotatable bonds is 7. The lowest BCUT2D eigenvalue weighted by Crippen LogP contribution is -2.65. The highest BCUT2D eigenvalue weighted by atomic mass is 35.5. The number of likely N-dealkylation sites (N-methyl/N-ethyl adjacent to an activating group) is 1. The van der Waals surface area contributed by atoms with Gasteiger partial charge in [-0.15, -0.1) is 11.6 Å². The minimum atomic E-state index is -1.17. The van der Waals surface area contributed by atoms with Crippen LogP contribution in [0.15, 0.2) is 30.7 Å². The number of aromatic nitrogens is 3. The van der Waals surface area contributed by atoms with Gasteiger partial charge in [0.25, 0.3) is 0 Å². The smallest absolute Gasteiger partial charge is 0.410 e. The van der Waals surface area contributed by atoms with Crippen molar-refractivity contribution < 1.29 is 23.5 Å². The van der Waals surface area contributed by atoms with Crippen LogP contribution in [0, 0.1) is 5.82 Å². The van der Waals surface area contributed by atoms with Crippen molar-refractivity contribution in [2.75, 3.05) is 25.5 Å². The van der Waals surface area contributed by atoms with E-state index in [-0.39, 0.29) is 50.2 Å². The average molecular weight is 537 g/mol. The molecule has 2 aromatic rings. The molecule has 10 nitrogen and oxygen atoms in total. The van der Waals surface area contributed by atoms with Gasteiger partial charge in [-0.25, -0.2) is 18.9 Å². The van der Waals surface area contributed by atoms with Gasteiger partial charge in [0.15, 0.2) is 11.6 Å². The number of halogens is 2. The lowest BCUT2D eigenvalue weighted by molar-refractivity contribution is -0.150. The fourth-order valence-corrected chi connectivity index (χ4v) is 4.57. The molecule has 37 heavy (non-hydrogen) atoms. The number of carbonyl (C=O) groups is 3. The number of hydrogen-bond acceptors (Lipinski definition) is 6. The van der Waals surface area contributed by atoms with Crippen molar-refractivity contribution in [3.8, 4) is 5.82 Å². The second-order valence-electron chi connectivity index (χ2n) is 10.0. The van der Waals surface area contributed by atoms with Crippen LogP contribution in [0.4, 0.5) is 9.18 Å². The highest BCUT2D eigenvalue weighted by molar-refractivity contribution is 6.27. The normalized spacial score (nSPS) is 16.1. The fourth-order valence-electron chi connectivity index (χ4n) is 4.42. The summed E-state index contributed by atoms with van der Waals surface area (Å²) in [5, 5.41) is 6.91. The number of carbonyl (C=O) groups excluding carboxylic acids is 3. The van der Waals surface area contributed by atoms with E-state index < -0.39 is 29.1 Å². The Morgan fingerprint density at radius 3 is 2.41 bits per heavy atom. The maximum atomic E-state index is 13.8. The third-order valence-electron chi connectivity index (χ3n) is 6.32. The fraction of sp³-hybridized carbons (Fsp3) is 0.560. The Labute approximate surface area is 221 Å². The Morgan fingerprint density at radius 2 is 1.92 bits per heavy atom. The number of amides is 3. The van der Waals surface area contributed by atoms with Gasteiger partial charge < -0.3 is 19.9 Å². The van der Waals surface area contributed by atoms with E-state index in [1.807, 2.05) is 6.92 Å². The third kappa shape index (κ3) is 6.57. The number of nitrogens with one attached hydrogen (secondary N) is 1. The molecule has 1 N–H and O–H groups in total. The molecule has 3 rings (SSSR count). The van der Waals surface area contributed by atoms with E-state index in [4.69, 9.17) is 16.3 Å². The van der Waals surface area contributed by atoms with E-state index in [0.29, 0.717) is 5.82 Å². The molecule has 3 amide bonds. The Bertz CT molecular complexity index is 1110. The first-order chi connectivity index (χ1) is 17.4. The van der Waals surface area contributed by atoms with E-state index >= 15 is 0 Å². The largest absolute Gasteiger partial charge is 0.444 e. The number of nitrogens with zero attached hydrogens (tertiary/aromatic N) is 5. The van der Waals surface area contributed by atoms with Crippen LogP contribution in [-0.2, 0) is 14.3 Å². The molecule has 0 aromatic carbocycles. The first-order valence-electron chi connectivity index (χ1n) is 12.2. The van der Waals surface area contributed by atoms with E-state index in [1.54, 1.807) is 50.9 Å². The zero-order chi connectivity index (χ0) is 27.4. The maximum Gasteiger partial charge on any atom is 0.410 e. The summed E-state index contributed by atoms with van der Waals surface area (Å²) in [7, 11) is 0. The van der Waals surface area contributed by atoms with Crippen LogP contribution in [0.5, 0.6) is 0 Å². The molecule has 1 aliphatic rings. The quantitative estimate of drug-likeness (QED) is 0.543. The highest BCUT2D eigenvalue weighted by Gasteiger charge is 2.48. The molecule has 0 spiro atoms. The minimum absolute atomic E-state index is 0.239. The standard InChI is InChI=1S/C25H34ClFN6O4/c1-6-32(21(34)13-26)25(9-11-31(12-10-25)23(36)37-24(3,4)5)22(35)30-17(2)18-7-8-20(28-14-18)33-16-19(27)15-29-33/h7-8,14-17H,6,9-13H2,1-5H3,(H,30,35)/t17-/m0/s1. The lowest BCUT2D eigenvalue weighted by atomic mass is 9.84. The monoisotopic (exact) mass is 536 g/mol. The Kier molecular flexibility index (Phi) is 8.78. The van der Waals surface area contributed by atoms with E-state index in [9.17, 15) is 18.8 Å². The van der Waals surface area contributed by atoms with Crippen LogP contribution in [0.1, 0.15) is 59.1 Å². The van der Waals surface area contributed by atoms with Gasteiger partial charge in [0.05, 0.1) is 18.4 Å². The van der Waals surface area contributed by atoms with Crippen LogP contribution in [-0.4, -0.2) is 79.1 Å². The van der Waals surface area contributed by atoms with Crippen molar-refractivity contribution in [1.29, 1.82) is 0 Å². The van der Waals surface area contributed by atoms with Gasteiger partial charge in [-0.1, -0.05) is 6.07 Å². The number of alkyl halides is 1. The summed E-state index contributed by atoms with van der Waals surface area (Å²) < 4.78 is 20.1. The van der Waals surface area contributed by atoms with Crippen molar-refractivity contribution in [2.24, 2.45) is 0 Å². The number of hydrogen-bond donors (Lipinski definition) is 1. The molecule has 0 unspecified atom stereocenters. The molecule has 1 aliphatic heterocycles. The molecule has 0 bridgehead atoms. The van der Waals surface area contributed by atoms with E-state index in [2.05, 4.69) is 15.4 Å². The second-order valence-corrected chi connectivity index (χ2v) is 10.3. The molecule has 0 radical (unpaired) electrons. The maximum absolute atomic E-state index is 13.8. The number of likely N-dealkylation sites (tertiary alicyclic amines) is 1. The highest BCUT2D eigenvalue weighted by Crippen LogP contribution is 2.32. The predicted octanol–water partition coefficient (Wildman–Crippen LogP) is 3.44. The Balaban J connectivity index is 1.78. The predicted molar refractivity (Wildman–Crippen MR) is 136 cm³/mol. The third-order valence-corrected chi connectivity index (χ3v) is 6.55. The molecule has 2 aromatic heterocycles. The van der Waals surface area contributed by atoms with Crippen LogP contribution in [0.3, 0.4) is 0 Å². The zero-order valence-corrected chi connectivity index (χ0v) is 22.6. The molecule has 202 valence electrons. The lowest BCUT2D eigenvalue weighted by Gasteiger charge is -2.47. The molecular weight excluding hydrogens is 503 g/mol. The van der Waals surface area contributed by atoms with Gasteiger partial charge in [-0.3, -0.25) is 9.59 Å². The summed E-state index contributed by atoms with van der Waals surface area (Å²) in [6.07, 6.45) is 3.91. The van der Waals surface area contributed by atoms with Crippen molar-refractivity contribution >= 4 is 29.5 Å². The summed E-state index contributed by atoms with van der Waals surface area (Å²) in [6.45, 7) is 9.77. The van der Waals surface area contributed by atoms with Crippen LogP contribution < -0.4 is 5.32 Å². The molecule has 12 heteroatoms. The van der Waals surface area contributed by atoms with Gasteiger partial charge in [-0.05, 0) is 59.1 Å². The van der Waals surface area contributed by atoms with Crippen molar-refractivity contribution in [3.63, 3.8) is 0 Å². The van der Waals surface area contributed by atoms with Gasteiger partial charge in [0.1, 0.15) is 17.0 Å². The number of piperidine rings is 1. The molecule has 0 saturated carbocycles. The summed E-state index contributed by atoms with van der Waals surface area (Å²) >= 11 is 5.89. The first kappa shape index (κ1) is 28.4. The molecule has 1 fully saturated rings.